The Bertz CT molecular complexity index is 1050. The first-order valence-corrected chi connectivity index (χ1v) is 9.50. The Morgan fingerprint density at radius 3 is 2.55 bits per heavy atom. The monoisotopic (exact) mass is 394 g/mol. The van der Waals surface area contributed by atoms with E-state index in [4.69, 9.17) is 0 Å². The minimum absolute atomic E-state index is 0.240. The van der Waals surface area contributed by atoms with E-state index < -0.39 is 0 Å². The molecule has 0 spiro atoms. The first-order valence-electron chi connectivity index (χ1n) is 9.50. The highest BCUT2D eigenvalue weighted by Crippen LogP contribution is 2.25. The van der Waals surface area contributed by atoms with E-state index in [-0.39, 0.29) is 23.0 Å². The lowest BCUT2D eigenvalue weighted by Crippen LogP contribution is -2.31. The quantitative estimate of drug-likeness (QED) is 0.619. The highest BCUT2D eigenvalue weighted by molar-refractivity contribution is 5.88. The van der Waals surface area contributed by atoms with Crippen LogP contribution in [0, 0.1) is 6.92 Å². The van der Waals surface area contributed by atoms with Gasteiger partial charge in [0.1, 0.15) is 5.82 Å². The summed E-state index contributed by atoms with van der Waals surface area (Å²) in [5.41, 5.74) is 1.96. The van der Waals surface area contributed by atoms with Gasteiger partial charge in [-0.25, -0.2) is 9.78 Å². The molecule has 2 aromatic heterocycles. The van der Waals surface area contributed by atoms with Gasteiger partial charge in [0, 0.05) is 29.8 Å². The fourth-order valence-electron chi connectivity index (χ4n) is 2.79. The molecule has 0 atom stereocenters. The number of rotatable bonds is 5. The van der Waals surface area contributed by atoms with Crippen molar-refractivity contribution in [3.05, 3.63) is 69.8 Å². The van der Waals surface area contributed by atoms with Gasteiger partial charge in [0.05, 0.1) is 5.69 Å². The summed E-state index contributed by atoms with van der Waals surface area (Å²) in [7, 11) is 0. The minimum atomic E-state index is -0.349. The molecule has 3 aromatic rings. The lowest BCUT2D eigenvalue weighted by atomic mass is 9.92. The zero-order valence-corrected chi connectivity index (χ0v) is 17.1. The minimum Gasteiger partial charge on any atom is -0.337 e. The molecular formula is C21H26N6O2. The van der Waals surface area contributed by atoms with E-state index in [1.165, 1.54) is 10.7 Å². The number of hydrogen-bond donors (Lipinski definition) is 3. The van der Waals surface area contributed by atoms with Crippen LogP contribution in [0.2, 0.25) is 0 Å². The Morgan fingerprint density at radius 1 is 1.17 bits per heavy atom. The zero-order valence-electron chi connectivity index (χ0n) is 17.1. The van der Waals surface area contributed by atoms with Gasteiger partial charge in [-0.05, 0) is 18.9 Å². The number of H-pyrrole nitrogens is 1. The van der Waals surface area contributed by atoms with Crippen molar-refractivity contribution in [2.75, 3.05) is 11.9 Å². The highest BCUT2D eigenvalue weighted by atomic mass is 16.2. The molecule has 0 aliphatic heterocycles. The van der Waals surface area contributed by atoms with Gasteiger partial charge in [-0.3, -0.25) is 15.1 Å². The molecule has 3 rings (SSSR count). The van der Waals surface area contributed by atoms with Gasteiger partial charge in [0.25, 0.3) is 5.56 Å². The van der Waals surface area contributed by atoms with E-state index in [1.54, 1.807) is 13.0 Å². The first kappa shape index (κ1) is 20.3. The van der Waals surface area contributed by atoms with Crippen LogP contribution in [0.4, 0.5) is 10.6 Å². The lowest BCUT2D eigenvalue weighted by Gasteiger charge is -2.13. The fraction of sp³-hybridized carbons (Fsp3) is 0.333. The molecule has 8 nitrogen and oxygen atoms in total. The molecule has 1 aromatic carbocycles. The molecule has 0 saturated carbocycles. The van der Waals surface area contributed by atoms with Crippen LogP contribution < -0.4 is 16.2 Å². The van der Waals surface area contributed by atoms with Crippen molar-refractivity contribution >= 4 is 11.8 Å². The molecular weight excluding hydrogens is 368 g/mol. The number of carbonyl (C=O) groups is 1. The number of urea groups is 1. The molecule has 0 unspecified atom stereocenters. The largest absolute Gasteiger partial charge is 0.337 e. The van der Waals surface area contributed by atoms with E-state index in [1.807, 2.05) is 51.1 Å². The van der Waals surface area contributed by atoms with E-state index in [9.17, 15) is 9.59 Å². The number of nitrogens with zero attached hydrogens (tertiary/aromatic N) is 3. The van der Waals surface area contributed by atoms with Crippen molar-refractivity contribution in [2.24, 2.45) is 0 Å². The SMILES string of the molecule is Cc1cc(=O)[nH]c(-n2nc(C(C)(C)C)cc2NC(=O)NCCc2ccccc2)n1. The number of aromatic amines is 1. The number of amides is 2. The molecule has 29 heavy (non-hydrogen) atoms. The Kier molecular flexibility index (Phi) is 5.81. The van der Waals surface area contributed by atoms with Crippen molar-refractivity contribution in [3.63, 3.8) is 0 Å². The van der Waals surface area contributed by atoms with Crippen molar-refractivity contribution in [1.82, 2.24) is 25.1 Å². The highest BCUT2D eigenvalue weighted by Gasteiger charge is 2.22. The van der Waals surface area contributed by atoms with Crippen LogP contribution in [0.15, 0.2) is 47.3 Å². The third kappa shape index (κ3) is 5.31. The number of anilines is 1. The standard InChI is InChI=1S/C21H26N6O2/c1-14-12-18(28)25-19(23-14)27-17(13-16(26-27)21(2,3)4)24-20(29)22-11-10-15-8-6-5-7-9-15/h5-9,12-13H,10-11H2,1-4H3,(H2,22,24,29)(H,23,25,28). The van der Waals surface area contributed by atoms with Crippen LogP contribution in [0.25, 0.3) is 5.95 Å². The maximum atomic E-state index is 12.4. The van der Waals surface area contributed by atoms with Crippen molar-refractivity contribution in [3.8, 4) is 5.95 Å². The second-order valence-electron chi connectivity index (χ2n) is 7.90. The van der Waals surface area contributed by atoms with Gasteiger partial charge in [-0.15, -0.1) is 0 Å². The Morgan fingerprint density at radius 2 is 1.90 bits per heavy atom. The topological polar surface area (TPSA) is 105 Å². The summed E-state index contributed by atoms with van der Waals surface area (Å²) in [6.07, 6.45) is 0.730. The molecule has 2 amide bonds. The summed E-state index contributed by atoms with van der Waals surface area (Å²) < 4.78 is 1.45. The summed E-state index contributed by atoms with van der Waals surface area (Å²) in [6, 6.07) is 12.8. The van der Waals surface area contributed by atoms with Crippen LogP contribution in [0.1, 0.15) is 37.7 Å². The molecule has 0 bridgehead atoms. The van der Waals surface area contributed by atoms with E-state index >= 15 is 0 Å². The maximum absolute atomic E-state index is 12.4. The molecule has 0 aliphatic carbocycles. The van der Waals surface area contributed by atoms with Gasteiger partial charge in [0.2, 0.25) is 5.95 Å². The molecule has 152 valence electrons. The number of benzene rings is 1. The average molecular weight is 394 g/mol. The number of nitrogens with one attached hydrogen (secondary N) is 3. The van der Waals surface area contributed by atoms with Crippen LogP contribution in [0.5, 0.6) is 0 Å². The Labute approximate surface area is 169 Å². The third-order valence-corrected chi connectivity index (χ3v) is 4.32. The van der Waals surface area contributed by atoms with Gasteiger partial charge in [-0.1, -0.05) is 51.1 Å². The number of hydrogen-bond acceptors (Lipinski definition) is 4. The number of aromatic nitrogens is 4. The number of carbonyl (C=O) groups excluding carboxylic acids is 1. The van der Waals surface area contributed by atoms with Crippen molar-refractivity contribution in [2.45, 2.75) is 39.5 Å². The molecule has 3 N–H and O–H groups in total. The van der Waals surface area contributed by atoms with Crippen LogP contribution >= 0.6 is 0 Å². The summed E-state index contributed by atoms with van der Waals surface area (Å²) >= 11 is 0. The molecule has 2 heterocycles. The molecule has 0 radical (unpaired) electrons. The van der Waals surface area contributed by atoms with Gasteiger partial charge in [-0.2, -0.15) is 9.78 Å². The second-order valence-corrected chi connectivity index (χ2v) is 7.90. The smallest absolute Gasteiger partial charge is 0.320 e. The van der Waals surface area contributed by atoms with Crippen molar-refractivity contribution < 1.29 is 4.79 Å². The van der Waals surface area contributed by atoms with E-state index in [0.29, 0.717) is 18.1 Å². The molecule has 0 fully saturated rings. The molecule has 0 saturated heterocycles. The summed E-state index contributed by atoms with van der Waals surface area (Å²) in [5.74, 6) is 0.686. The Hall–Kier alpha value is -3.42. The summed E-state index contributed by atoms with van der Waals surface area (Å²) in [6.45, 7) is 8.30. The fourth-order valence-corrected chi connectivity index (χ4v) is 2.79. The van der Waals surface area contributed by atoms with E-state index in [2.05, 4.69) is 25.7 Å². The predicted molar refractivity (Wildman–Crippen MR) is 113 cm³/mol. The summed E-state index contributed by atoms with van der Waals surface area (Å²) in [4.78, 5) is 31.3. The number of aryl methyl sites for hydroxylation is 1. The normalized spacial score (nSPS) is 11.3. The zero-order chi connectivity index (χ0) is 21.0. The first-order chi connectivity index (χ1) is 13.7. The lowest BCUT2D eigenvalue weighted by molar-refractivity contribution is 0.252. The van der Waals surface area contributed by atoms with Crippen molar-refractivity contribution in [1.29, 1.82) is 0 Å². The van der Waals surface area contributed by atoms with Crippen LogP contribution in [-0.2, 0) is 11.8 Å². The third-order valence-electron chi connectivity index (χ3n) is 4.32. The maximum Gasteiger partial charge on any atom is 0.320 e. The molecule has 8 heteroatoms. The Balaban J connectivity index is 1.79. The molecule has 0 aliphatic rings. The summed E-state index contributed by atoms with van der Waals surface area (Å²) in [5, 5.41) is 10.2. The van der Waals surface area contributed by atoms with E-state index in [0.717, 1.165) is 17.7 Å². The van der Waals surface area contributed by atoms with Gasteiger partial charge in [0.15, 0.2) is 0 Å². The predicted octanol–water partition coefficient (Wildman–Crippen LogP) is 2.93. The van der Waals surface area contributed by atoms with Crippen LogP contribution in [0.3, 0.4) is 0 Å². The van der Waals surface area contributed by atoms with Gasteiger partial charge < -0.3 is 5.32 Å². The van der Waals surface area contributed by atoms with Crippen LogP contribution in [-0.4, -0.2) is 32.3 Å². The second kappa shape index (κ2) is 8.30. The average Bonchev–Trinajstić information content (AvgIpc) is 3.06. The van der Waals surface area contributed by atoms with Gasteiger partial charge >= 0.3 is 6.03 Å².